The molecule has 0 fully saturated rings. The lowest BCUT2D eigenvalue weighted by Gasteiger charge is -2.08. The van der Waals surface area contributed by atoms with E-state index in [-0.39, 0.29) is 5.91 Å². The molecule has 2 aromatic carbocycles. The number of aryl methyl sites for hydroxylation is 1. The molecule has 3 heterocycles. The molecule has 156 valence electrons. The highest BCUT2D eigenvalue weighted by molar-refractivity contribution is 6.04. The summed E-state index contributed by atoms with van der Waals surface area (Å²) in [5.74, 6) is 2.15. The number of carbonyl (C=O) groups excluding carboxylic acids is 1. The number of pyridine rings is 1. The second-order valence-electron chi connectivity index (χ2n) is 7.04. The maximum Gasteiger partial charge on any atom is 0.274 e. The Morgan fingerprint density at radius 2 is 1.78 bits per heavy atom. The van der Waals surface area contributed by atoms with Crippen LogP contribution in [0.2, 0.25) is 0 Å². The Hall–Kier alpha value is -4.59. The summed E-state index contributed by atoms with van der Waals surface area (Å²) in [6.45, 7) is 1.89. The molecule has 0 saturated heterocycles. The van der Waals surface area contributed by atoms with Crippen LogP contribution in [0, 0.1) is 6.92 Å². The average molecular weight is 422 g/mol. The minimum atomic E-state index is -0.277. The fourth-order valence-electron chi connectivity index (χ4n) is 3.23. The van der Waals surface area contributed by atoms with Crippen LogP contribution >= 0.6 is 0 Å². The standard InChI is InChI=1S/C24H18N6O2/c1-16-25-14-15-30(16)22-12-13-23(29-28-22)32-19-9-7-18(8-10-19)26-24(31)21-11-6-17-4-2-3-5-20(17)27-21/h2-15H,1H3,(H,26,31). The van der Waals surface area contributed by atoms with Crippen LogP contribution in [-0.4, -0.2) is 30.6 Å². The van der Waals surface area contributed by atoms with Gasteiger partial charge in [-0.15, -0.1) is 10.2 Å². The zero-order valence-electron chi connectivity index (χ0n) is 17.1. The maximum atomic E-state index is 12.6. The summed E-state index contributed by atoms with van der Waals surface area (Å²) in [6.07, 6.45) is 3.53. The molecule has 0 unspecified atom stereocenters. The Labute approximate surface area is 183 Å². The predicted molar refractivity (Wildman–Crippen MR) is 120 cm³/mol. The average Bonchev–Trinajstić information content (AvgIpc) is 3.26. The topological polar surface area (TPSA) is 94.8 Å². The van der Waals surface area contributed by atoms with E-state index in [9.17, 15) is 4.79 Å². The molecule has 0 atom stereocenters. The number of ether oxygens (including phenoxy) is 1. The third-order valence-corrected chi connectivity index (χ3v) is 4.86. The Kier molecular flexibility index (Phi) is 5.01. The van der Waals surface area contributed by atoms with E-state index in [1.54, 1.807) is 42.6 Å². The zero-order chi connectivity index (χ0) is 21.9. The number of amides is 1. The molecular formula is C24H18N6O2. The van der Waals surface area contributed by atoms with Crippen molar-refractivity contribution in [2.45, 2.75) is 6.92 Å². The molecule has 5 rings (SSSR count). The van der Waals surface area contributed by atoms with Crippen LogP contribution < -0.4 is 10.1 Å². The lowest BCUT2D eigenvalue weighted by molar-refractivity contribution is 0.102. The summed E-state index contributed by atoms with van der Waals surface area (Å²) in [5, 5.41) is 12.1. The summed E-state index contributed by atoms with van der Waals surface area (Å²) in [4.78, 5) is 21.2. The number of aromatic nitrogens is 5. The van der Waals surface area contributed by atoms with Crippen LogP contribution in [-0.2, 0) is 0 Å². The molecule has 0 aliphatic heterocycles. The van der Waals surface area contributed by atoms with E-state index < -0.39 is 0 Å². The van der Waals surface area contributed by atoms with Gasteiger partial charge in [-0.1, -0.05) is 24.3 Å². The van der Waals surface area contributed by atoms with Crippen molar-refractivity contribution in [1.29, 1.82) is 0 Å². The van der Waals surface area contributed by atoms with Gasteiger partial charge in [-0.2, -0.15) is 0 Å². The van der Waals surface area contributed by atoms with Gasteiger partial charge in [-0.3, -0.25) is 9.36 Å². The molecule has 5 aromatic rings. The highest BCUT2D eigenvalue weighted by Gasteiger charge is 2.09. The molecule has 0 aliphatic rings. The smallest absolute Gasteiger partial charge is 0.274 e. The number of anilines is 1. The number of nitrogens with zero attached hydrogens (tertiary/aromatic N) is 5. The van der Waals surface area contributed by atoms with E-state index in [0.29, 0.717) is 28.8 Å². The van der Waals surface area contributed by atoms with Crippen LogP contribution in [0.1, 0.15) is 16.3 Å². The maximum absolute atomic E-state index is 12.6. The Morgan fingerprint density at radius 3 is 2.53 bits per heavy atom. The first-order valence-electron chi connectivity index (χ1n) is 9.95. The van der Waals surface area contributed by atoms with Gasteiger partial charge in [0.15, 0.2) is 5.82 Å². The van der Waals surface area contributed by atoms with E-state index in [2.05, 4.69) is 25.5 Å². The van der Waals surface area contributed by atoms with Crippen molar-refractivity contribution < 1.29 is 9.53 Å². The Morgan fingerprint density at radius 1 is 0.938 bits per heavy atom. The highest BCUT2D eigenvalue weighted by atomic mass is 16.5. The fourth-order valence-corrected chi connectivity index (χ4v) is 3.23. The molecule has 0 bridgehead atoms. The van der Waals surface area contributed by atoms with E-state index in [1.807, 2.05) is 54.1 Å². The molecular weight excluding hydrogens is 404 g/mol. The normalized spacial score (nSPS) is 10.8. The number of rotatable bonds is 5. The van der Waals surface area contributed by atoms with Crippen molar-refractivity contribution in [3.05, 3.63) is 96.7 Å². The van der Waals surface area contributed by atoms with Gasteiger partial charge in [0.1, 0.15) is 17.3 Å². The van der Waals surface area contributed by atoms with Gasteiger partial charge < -0.3 is 10.1 Å². The summed E-state index contributed by atoms with van der Waals surface area (Å²) in [7, 11) is 0. The quantitative estimate of drug-likeness (QED) is 0.446. The first kappa shape index (κ1) is 19.4. The summed E-state index contributed by atoms with van der Waals surface area (Å²) in [6, 6.07) is 21.8. The predicted octanol–water partition coefficient (Wildman–Crippen LogP) is 4.56. The van der Waals surface area contributed by atoms with Crippen LogP contribution in [0.4, 0.5) is 5.69 Å². The van der Waals surface area contributed by atoms with Gasteiger partial charge in [0.2, 0.25) is 5.88 Å². The first-order valence-corrected chi connectivity index (χ1v) is 9.95. The summed E-state index contributed by atoms with van der Waals surface area (Å²) >= 11 is 0. The van der Waals surface area contributed by atoms with Crippen molar-refractivity contribution >= 4 is 22.5 Å². The van der Waals surface area contributed by atoms with Crippen molar-refractivity contribution in [1.82, 2.24) is 24.7 Å². The molecule has 8 nitrogen and oxygen atoms in total. The van der Waals surface area contributed by atoms with Gasteiger partial charge in [0, 0.05) is 29.5 Å². The number of imidazole rings is 1. The highest BCUT2D eigenvalue weighted by Crippen LogP contribution is 2.22. The summed E-state index contributed by atoms with van der Waals surface area (Å²) in [5.41, 5.74) is 1.76. The van der Waals surface area contributed by atoms with E-state index >= 15 is 0 Å². The van der Waals surface area contributed by atoms with Crippen molar-refractivity contribution in [2.75, 3.05) is 5.32 Å². The second kappa shape index (κ2) is 8.27. The lowest BCUT2D eigenvalue weighted by Crippen LogP contribution is -2.13. The Bertz CT molecular complexity index is 1390. The molecule has 0 aliphatic carbocycles. The van der Waals surface area contributed by atoms with E-state index in [1.165, 1.54) is 0 Å². The van der Waals surface area contributed by atoms with E-state index in [0.717, 1.165) is 16.7 Å². The van der Waals surface area contributed by atoms with Crippen LogP contribution in [0.25, 0.3) is 16.7 Å². The van der Waals surface area contributed by atoms with Crippen molar-refractivity contribution in [2.24, 2.45) is 0 Å². The van der Waals surface area contributed by atoms with Crippen LogP contribution in [0.5, 0.6) is 11.6 Å². The van der Waals surface area contributed by atoms with Crippen molar-refractivity contribution in [3.63, 3.8) is 0 Å². The van der Waals surface area contributed by atoms with Gasteiger partial charge in [0.05, 0.1) is 5.52 Å². The first-order chi connectivity index (χ1) is 15.7. The molecule has 1 N–H and O–H groups in total. The third-order valence-electron chi connectivity index (χ3n) is 4.86. The minimum Gasteiger partial charge on any atom is -0.438 e. The second-order valence-corrected chi connectivity index (χ2v) is 7.04. The number of benzene rings is 2. The fraction of sp³-hybridized carbons (Fsp3) is 0.0417. The molecule has 8 heteroatoms. The van der Waals surface area contributed by atoms with Gasteiger partial charge >= 0.3 is 0 Å². The van der Waals surface area contributed by atoms with Crippen LogP contribution in [0.3, 0.4) is 0 Å². The van der Waals surface area contributed by atoms with Gasteiger partial charge in [0.25, 0.3) is 5.91 Å². The third kappa shape index (κ3) is 4.01. The SMILES string of the molecule is Cc1nccn1-c1ccc(Oc2ccc(NC(=O)c3ccc4ccccc4n3)cc2)nn1. The zero-order valence-corrected chi connectivity index (χ0v) is 17.1. The number of hydrogen-bond donors (Lipinski definition) is 1. The largest absolute Gasteiger partial charge is 0.438 e. The molecule has 32 heavy (non-hydrogen) atoms. The monoisotopic (exact) mass is 422 g/mol. The lowest BCUT2D eigenvalue weighted by atomic mass is 10.2. The number of para-hydroxylation sites is 1. The number of carbonyl (C=O) groups is 1. The van der Waals surface area contributed by atoms with Gasteiger partial charge in [-0.05, 0) is 49.4 Å². The minimum absolute atomic E-state index is 0.277. The van der Waals surface area contributed by atoms with Gasteiger partial charge in [-0.25, -0.2) is 9.97 Å². The Balaban J connectivity index is 1.24. The molecule has 1 amide bonds. The number of nitrogens with one attached hydrogen (secondary N) is 1. The molecule has 3 aromatic heterocycles. The molecule has 0 spiro atoms. The summed E-state index contributed by atoms with van der Waals surface area (Å²) < 4.78 is 7.58. The molecule has 0 radical (unpaired) electrons. The van der Waals surface area contributed by atoms with E-state index in [4.69, 9.17) is 4.74 Å². The number of hydrogen-bond acceptors (Lipinski definition) is 6. The molecule has 0 saturated carbocycles. The number of fused-ring (bicyclic) bond motifs is 1. The van der Waals surface area contributed by atoms with Crippen LogP contribution in [0.15, 0.2) is 85.2 Å². The van der Waals surface area contributed by atoms with Crippen molar-refractivity contribution in [3.8, 4) is 17.4 Å².